The minimum atomic E-state index is -0.454. The van der Waals surface area contributed by atoms with Gasteiger partial charge in [-0.05, 0) is 42.8 Å². The van der Waals surface area contributed by atoms with Crippen LogP contribution >= 0.6 is 11.3 Å². The standard InChI is InChI=1S/C20H14FNO3S/c1-11-2-7-16-14(8-11)18-15(20(24)25-16)9-17(26-18)19(23)22-10-12-3-5-13(21)6-4-12/h2-9H,10H2,1H3,(H,22,23). The number of rotatable bonds is 3. The third-order valence-electron chi connectivity index (χ3n) is 4.12. The van der Waals surface area contributed by atoms with Gasteiger partial charge in [0.1, 0.15) is 11.4 Å². The molecule has 4 aromatic rings. The van der Waals surface area contributed by atoms with Gasteiger partial charge in [-0.25, -0.2) is 9.18 Å². The van der Waals surface area contributed by atoms with Crippen LogP contribution in [-0.2, 0) is 6.54 Å². The third-order valence-corrected chi connectivity index (χ3v) is 5.29. The van der Waals surface area contributed by atoms with Crippen LogP contribution in [0.25, 0.3) is 21.1 Å². The molecule has 130 valence electrons. The predicted molar refractivity (Wildman–Crippen MR) is 100 cm³/mol. The highest BCUT2D eigenvalue weighted by molar-refractivity contribution is 7.21. The maximum atomic E-state index is 12.9. The first-order valence-corrected chi connectivity index (χ1v) is 8.82. The Kier molecular flexibility index (Phi) is 4.05. The number of fused-ring (bicyclic) bond motifs is 3. The number of amides is 1. The summed E-state index contributed by atoms with van der Waals surface area (Å²) in [5.41, 5.74) is 1.89. The molecule has 4 rings (SSSR count). The van der Waals surface area contributed by atoms with E-state index in [1.807, 2.05) is 19.1 Å². The molecule has 0 unspecified atom stereocenters. The van der Waals surface area contributed by atoms with Crippen LogP contribution in [0.4, 0.5) is 4.39 Å². The molecule has 2 heterocycles. The van der Waals surface area contributed by atoms with Gasteiger partial charge in [0.05, 0.1) is 15.0 Å². The summed E-state index contributed by atoms with van der Waals surface area (Å²) >= 11 is 1.26. The maximum absolute atomic E-state index is 12.9. The third kappa shape index (κ3) is 2.99. The molecule has 0 aliphatic rings. The summed E-state index contributed by atoms with van der Waals surface area (Å²) in [5, 5.41) is 4.02. The molecule has 6 heteroatoms. The van der Waals surface area contributed by atoms with E-state index in [4.69, 9.17) is 4.42 Å². The summed E-state index contributed by atoms with van der Waals surface area (Å²) in [7, 11) is 0. The van der Waals surface area contributed by atoms with E-state index in [0.717, 1.165) is 21.2 Å². The van der Waals surface area contributed by atoms with E-state index in [1.165, 1.54) is 23.5 Å². The highest BCUT2D eigenvalue weighted by atomic mass is 32.1. The van der Waals surface area contributed by atoms with Crippen molar-refractivity contribution >= 4 is 38.3 Å². The predicted octanol–water partition coefficient (Wildman–Crippen LogP) is 4.39. The van der Waals surface area contributed by atoms with Gasteiger partial charge in [0.2, 0.25) is 0 Å². The van der Waals surface area contributed by atoms with Gasteiger partial charge < -0.3 is 9.73 Å². The lowest BCUT2D eigenvalue weighted by molar-refractivity contribution is 0.0955. The van der Waals surface area contributed by atoms with Crippen molar-refractivity contribution in [3.8, 4) is 0 Å². The molecule has 1 amide bonds. The number of halogens is 1. The van der Waals surface area contributed by atoms with E-state index in [2.05, 4.69) is 5.32 Å². The van der Waals surface area contributed by atoms with Gasteiger partial charge in [0.15, 0.2) is 0 Å². The fraction of sp³-hybridized carbons (Fsp3) is 0.100. The number of nitrogens with one attached hydrogen (secondary N) is 1. The average Bonchev–Trinajstić information content (AvgIpc) is 3.08. The van der Waals surface area contributed by atoms with Crippen molar-refractivity contribution < 1.29 is 13.6 Å². The van der Waals surface area contributed by atoms with Crippen molar-refractivity contribution in [3.05, 3.63) is 80.8 Å². The van der Waals surface area contributed by atoms with Gasteiger partial charge in [-0.1, -0.05) is 23.8 Å². The van der Waals surface area contributed by atoms with Crippen LogP contribution in [-0.4, -0.2) is 5.91 Å². The Balaban J connectivity index is 1.68. The molecule has 0 fully saturated rings. The van der Waals surface area contributed by atoms with Crippen LogP contribution < -0.4 is 10.9 Å². The SMILES string of the molecule is Cc1ccc2oc(=O)c3cc(C(=O)NCc4ccc(F)cc4)sc3c2c1. The number of hydrogen-bond donors (Lipinski definition) is 1. The first-order chi connectivity index (χ1) is 12.5. The molecule has 0 bridgehead atoms. The van der Waals surface area contributed by atoms with Crippen LogP contribution in [0.5, 0.6) is 0 Å². The molecule has 2 aromatic heterocycles. The number of thiophene rings is 1. The molecule has 0 radical (unpaired) electrons. The molecule has 0 spiro atoms. The van der Waals surface area contributed by atoms with Gasteiger partial charge in [-0.2, -0.15) is 0 Å². The van der Waals surface area contributed by atoms with Gasteiger partial charge in [0.25, 0.3) is 5.91 Å². The van der Waals surface area contributed by atoms with Crippen molar-refractivity contribution in [1.29, 1.82) is 0 Å². The van der Waals surface area contributed by atoms with Crippen LogP contribution in [0.3, 0.4) is 0 Å². The summed E-state index contributed by atoms with van der Waals surface area (Å²) in [5.74, 6) is -0.603. The average molecular weight is 367 g/mol. The van der Waals surface area contributed by atoms with Crippen molar-refractivity contribution in [2.24, 2.45) is 0 Å². The zero-order valence-corrected chi connectivity index (χ0v) is 14.7. The first-order valence-electron chi connectivity index (χ1n) is 8.01. The highest BCUT2D eigenvalue weighted by Crippen LogP contribution is 2.31. The molecule has 0 aliphatic heterocycles. The smallest absolute Gasteiger partial charge is 0.345 e. The quantitative estimate of drug-likeness (QED) is 0.547. The Hall–Kier alpha value is -2.99. The van der Waals surface area contributed by atoms with E-state index in [1.54, 1.807) is 24.3 Å². The molecule has 26 heavy (non-hydrogen) atoms. The van der Waals surface area contributed by atoms with Crippen molar-refractivity contribution in [2.75, 3.05) is 0 Å². The molecule has 4 nitrogen and oxygen atoms in total. The van der Waals surface area contributed by atoms with Crippen LogP contribution in [0.15, 0.2) is 57.7 Å². The molecular weight excluding hydrogens is 353 g/mol. The monoisotopic (exact) mass is 367 g/mol. The summed E-state index contributed by atoms with van der Waals surface area (Å²) < 4.78 is 19.0. The number of aryl methyl sites for hydroxylation is 1. The Morgan fingerprint density at radius 1 is 1.12 bits per heavy atom. The van der Waals surface area contributed by atoms with Crippen LogP contribution in [0.1, 0.15) is 20.8 Å². The number of carbonyl (C=O) groups excluding carboxylic acids is 1. The van der Waals surface area contributed by atoms with E-state index < -0.39 is 5.63 Å². The molecule has 0 saturated carbocycles. The Bertz CT molecular complexity index is 1190. The largest absolute Gasteiger partial charge is 0.422 e. The topological polar surface area (TPSA) is 59.3 Å². The Labute approximate surface area is 151 Å². The van der Waals surface area contributed by atoms with Gasteiger partial charge in [0, 0.05) is 11.9 Å². The Morgan fingerprint density at radius 3 is 2.65 bits per heavy atom. The molecule has 2 aromatic carbocycles. The lowest BCUT2D eigenvalue weighted by Crippen LogP contribution is -2.21. The number of carbonyl (C=O) groups is 1. The second-order valence-corrected chi connectivity index (χ2v) is 7.10. The molecule has 1 N–H and O–H groups in total. The summed E-state index contributed by atoms with van der Waals surface area (Å²) in [6, 6.07) is 13.1. The Morgan fingerprint density at radius 2 is 1.88 bits per heavy atom. The highest BCUT2D eigenvalue weighted by Gasteiger charge is 2.16. The van der Waals surface area contributed by atoms with Gasteiger partial charge in [-0.3, -0.25) is 4.79 Å². The lowest BCUT2D eigenvalue weighted by atomic mass is 10.1. The molecule has 0 atom stereocenters. The fourth-order valence-electron chi connectivity index (χ4n) is 2.79. The minimum Gasteiger partial charge on any atom is -0.422 e. The van der Waals surface area contributed by atoms with Gasteiger partial charge >= 0.3 is 5.63 Å². The molecular formula is C20H14FNO3S. The van der Waals surface area contributed by atoms with E-state index >= 15 is 0 Å². The van der Waals surface area contributed by atoms with E-state index in [0.29, 0.717) is 15.8 Å². The van der Waals surface area contributed by atoms with Crippen molar-refractivity contribution in [1.82, 2.24) is 5.32 Å². The molecule has 0 aliphatic carbocycles. The zero-order valence-electron chi connectivity index (χ0n) is 13.8. The molecule has 0 saturated heterocycles. The van der Waals surface area contributed by atoms with Crippen LogP contribution in [0.2, 0.25) is 0 Å². The maximum Gasteiger partial charge on any atom is 0.345 e. The number of hydrogen-bond acceptors (Lipinski definition) is 4. The van der Waals surface area contributed by atoms with Crippen molar-refractivity contribution in [3.63, 3.8) is 0 Å². The fourth-order valence-corrected chi connectivity index (χ4v) is 3.87. The number of benzene rings is 2. The summed E-state index contributed by atoms with van der Waals surface area (Å²) in [4.78, 5) is 25.1. The minimum absolute atomic E-state index is 0.280. The first kappa shape index (κ1) is 16.5. The van der Waals surface area contributed by atoms with E-state index in [-0.39, 0.29) is 18.3 Å². The summed E-state index contributed by atoms with van der Waals surface area (Å²) in [6.07, 6.45) is 0. The van der Waals surface area contributed by atoms with Crippen molar-refractivity contribution in [2.45, 2.75) is 13.5 Å². The second-order valence-electron chi connectivity index (χ2n) is 6.05. The van der Waals surface area contributed by atoms with Crippen LogP contribution in [0, 0.1) is 12.7 Å². The lowest BCUT2D eigenvalue weighted by Gasteiger charge is -2.03. The zero-order chi connectivity index (χ0) is 18.3. The normalized spacial score (nSPS) is 11.2. The van der Waals surface area contributed by atoms with Gasteiger partial charge in [-0.15, -0.1) is 11.3 Å². The second kappa shape index (κ2) is 6.38. The van der Waals surface area contributed by atoms with E-state index in [9.17, 15) is 14.0 Å². The summed E-state index contributed by atoms with van der Waals surface area (Å²) in [6.45, 7) is 2.24.